The normalized spacial score (nSPS) is 17.0. The van der Waals surface area contributed by atoms with Crippen molar-refractivity contribution in [1.82, 2.24) is 19.7 Å². The number of anilines is 1. The number of benzene rings is 2. The molecule has 2 aromatic heterocycles. The van der Waals surface area contributed by atoms with Gasteiger partial charge in [-0.3, -0.25) is 4.79 Å². The molecule has 6 rings (SSSR count). The number of amides is 1. The fraction of sp³-hybridized carbons (Fsp3) is 0.280. The molecule has 0 saturated carbocycles. The molecule has 2 aromatic carbocycles. The standard InChI is InChI=1S/C25H22FN5O3/c1-3-30-13-27-24-18(11-28-29-25(24)30)14-4-6-19(26)16(8-14)17-9-22-20(10-21(17)33-2)31-15(12-34-22)5-7-23(31)32/h4,6,8-11,13,15H,3,5,7,12H2,1-2H3. The molecule has 2 aliphatic heterocycles. The Morgan fingerprint density at radius 1 is 1.21 bits per heavy atom. The van der Waals surface area contributed by atoms with Crippen LogP contribution in [-0.4, -0.2) is 45.4 Å². The molecule has 4 aromatic rings. The monoisotopic (exact) mass is 459 g/mol. The number of imidazole rings is 1. The molecule has 0 aliphatic carbocycles. The van der Waals surface area contributed by atoms with Crippen LogP contribution >= 0.6 is 0 Å². The van der Waals surface area contributed by atoms with Crippen LogP contribution in [0.25, 0.3) is 33.4 Å². The van der Waals surface area contributed by atoms with E-state index in [-0.39, 0.29) is 11.9 Å². The Labute approximate surface area is 194 Å². The molecule has 8 nitrogen and oxygen atoms in total. The molecule has 1 saturated heterocycles. The zero-order chi connectivity index (χ0) is 23.4. The molecule has 172 valence electrons. The number of rotatable bonds is 4. The zero-order valence-electron chi connectivity index (χ0n) is 18.8. The van der Waals surface area contributed by atoms with Crippen LogP contribution in [0, 0.1) is 5.82 Å². The Hall–Kier alpha value is -4.01. The average Bonchev–Trinajstić information content (AvgIpc) is 3.47. The van der Waals surface area contributed by atoms with E-state index in [0.717, 1.165) is 24.1 Å². The highest BCUT2D eigenvalue weighted by Gasteiger charge is 2.38. The van der Waals surface area contributed by atoms with E-state index in [1.54, 1.807) is 41.7 Å². The Bertz CT molecular complexity index is 1450. The Kier molecular flexibility index (Phi) is 4.72. The fourth-order valence-electron chi connectivity index (χ4n) is 4.87. The van der Waals surface area contributed by atoms with E-state index in [0.29, 0.717) is 52.5 Å². The molecule has 0 spiro atoms. The lowest BCUT2D eigenvalue weighted by molar-refractivity contribution is -0.117. The van der Waals surface area contributed by atoms with E-state index in [2.05, 4.69) is 15.2 Å². The SMILES string of the molecule is CCn1cnc2c(-c3ccc(F)c(-c4cc5c(cc4OC)N4C(=O)CCC4CO5)c3)cnnc21. The maximum atomic E-state index is 15.2. The number of methoxy groups -OCH3 is 1. The first-order valence-electron chi connectivity index (χ1n) is 11.2. The highest BCUT2D eigenvalue weighted by molar-refractivity contribution is 5.99. The van der Waals surface area contributed by atoms with Crippen molar-refractivity contribution in [2.45, 2.75) is 32.4 Å². The van der Waals surface area contributed by atoms with Crippen molar-refractivity contribution >= 4 is 22.8 Å². The van der Waals surface area contributed by atoms with Crippen molar-refractivity contribution in [2.75, 3.05) is 18.6 Å². The van der Waals surface area contributed by atoms with E-state index in [9.17, 15) is 4.79 Å². The Morgan fingerprint density at radius 2 is 2.09 bits per heavy atom. The van der Waals surface area contributed by atoms with E-state index in [4.69, 9.17) is 9.47 Å². The van der Waals surface area contributed by atoms with Crippen molar-refractivity contribution in [3.05, 3.63) is 48.7 Å². The molecule has 1 unspecified atom stereocenters. The molecule has 1 amide bonds. The molecule has 4 heterocycles. The van der Waals surface area contributed by atoms with E-state index < -0.39 is 5.82 Å². The minimum atomic E-state index is -0.398. The number of carbonyl (C=O) groups excluding carboxylic acids is 1. The highest BCUT2D eigenvalue weighted by atomic mass is 19.1. The first-order chi connectivity index (χ1) is 16.6. The smallest absolute Gasteiger partial charge is 0.227 e. The van der Waals surface area contributed by atoms with Crippen LogP contribution in [0.5, 0.6) is 11.5 Å². The predicted molar refractivity (Wildman–Crippen MR) is 124 cm³/mol. The van der Waals surface area contributed by atoms with Crippen LogP contribution < -0.4 is 14.4 Å². The van der Waals surface area contributed by atoms with Gasteiger partial charge in [-0.2, -0.15) is 5.10 Å². The number of fused-ring (bicyclic) bond motifs is 4. The summed E-state index contributed by atoms with van der Waals surface area (Å²) in [5.74, 6) is 0.678. The van der Waals surface area contributed by atoms with Gasteiger partial charge in [-0.25, -0.2) is 9.37 Å². The van der Waals surface area contributed by atoms with Gasteiger partial charge in [0.2, 0.25) is 5.91 Å². The maximum Gasteiger partial charge on any atom is 0.227 e. The average molecular weight is 459 g/mol. The summed E-state index contributed by atoms with van der Waals surface area (Å²) in [6.07, 6.45) is 4.63. The lowest BCUT2D eigenvalue weighted by Gasteiger charge is -2.32. The predicted octanol–water partition coefficient (Wildman–Crippen LogP) is 4.22. The van der Waals surface area contributed by atoms with Crippen LogP contribution in [0.2, 0.25) is 0 Å². The summed E-state index contributed by atoms with van der Waals surface area (Å²) in [7, 11) is 1.54. The van der Waals surface area contributed by atoms with Gasteiger partial charge in [-0.1, -0.05) is 6.07 Å². The number of halogens is 1. The van der Waals surface area contributed by atoms with Gasteiger partial charge in [0.1, 0.15) is 29.4 Å². The van der Waals surface area contributed by atoms with E-state index in [1.807, 2.05) is 11.5 Å². The molecule has 0 N–H and O–H groups in total. The number of ether oxygens (including phenoxy) is 2. The third-order valence-electron chi connectivity index (χ3n) is 6.61. The first-order valence-corrected chi connectivity index (χ1v) is 11.2. The summed E-state index contributed by atoms with van der Waals surface area (Å²) in [6.45, 7) is 3.15. The van der Waals surface area contributed by atoms with Crippen LogP contribution in [0.4, 0.5) is 10.1 Å². The fourth-order valence-corrected chi connectivity index (χ4v) is 4.87. The van der Waals surface area contributed by atoms with Crippen LogP contribution in [0.1, 0.15) is 19.8 Å². The van der Waals surface area contributed by atoms with Gasteiger partial charge in [0.05, 0.1) is 31.4 Å². The van der Waals surface area contributed by atoms with Crippen LogP contribution in [0.15, 0.2) is 42.9 Å². The zero-order valence-corrected chi connectivity index (χ0v) is 18.8. The largest absolute Gasteiger partial charge is 0.496 e. The van der Waals surface area contributed by atoms with Crippen molar-refractivity contribution in [1.29, 1.82) is 0 Å². The molecule has 9 heteroatoms. The van der Waals surface area contributed by atoms with Gasteiger partial charge in [0.25, 0.3) is 0 Å². The molecular weight excluding hydrogens is 437 g/mol. The highest BCUT2D eigenvalue weighted by Crippen LogP contribution is 2.46. The second kappa shape index (κ2) is 7.79. The number of hydrogen-bond donors (Lipinski definition) is 0. The van der Waals surface area contributed by atoms with Crippen LogP contribution in [0.3, 0.4) is 0 Å². The molecule has 0 radical (unpaired) electrons. The third kappa shape index (κ3) is 3.03. The molecule has 34 heavy (non-hydrogen) atoms. The lowest BCUT2D eigenvalue weighted by atomic mass is 9.97. The summed E-state index contributed by atoms with van der Waals surface area (Å²) in [6, 6.07) is 8.43. The number of aromatic nitrogens is 4. The minimum absolute atomic E-state index is 0.0279. The quantitative estimate of drug-likeness (QED) is 0.455. The second-order valence-electron chi connectivity index (χ2n) is 8.44. The molecule has 2 aliphatic rings. The van der Waals surface area contributed by atoms with Crippen molar-refractivity contribution in [3.8, 4) is 33.8 Å². The summed E-state index contributed by atoms with van der Waals surface area (Å²) >= 11 is 0. The van der Waals surface area contributed by atoms with Crippen LogP contribution in [-0.2, 0) is 11.3 Å². The van der Waals surface area contributed by atoms with Gasteiger partial charge in [0, 0.05) is 35.7 Å². The van der Waals surface area contributed by atoms with Gasteiger partial charge < -0.3 is 18.9 Å². The summed E-state index contributed by atoms with van der Waals surface area (Å²) < 4.78 is 28.7. The lowest BCUT2D eigenvalue weighted by Crippen LogP contribution is -2.40. The Balaban J connectivity index is 1.50. The van der Waals surface area contributed by atoms with Gasteiger partial charge >= 0.3 is 0 Å². The molecule has 1 atom stereocenters. The third-order valence-corrected chi connectivity index (χ3v) is 6.61. The number of nitrogens with zero attached hydrogens (tertiary/aromatic N) is 5. The molecule has 1 fully saturated rings. The van der Waals surface area contributed by atoms with Crippen molar-refractivity contribution in [2.24, 2.45) is 0 Å². The first kappa shape index (κ1) is 20.6. The second-order valence-corrected chi connectivity index (χ2v) is 8.44. The number of aryl methyl sites for hydroxylation is 1. The number of carbonyl (C=O) groups is 1. The summed E-state index contributed by atoms with van der Waals surface area (Å²) in [4.78, 5) is 18.7. The molecular formula is C25H22FN5O3. The van der Waals surface area contributed by atoms with Gasteiger partial charge in [-0.15, -0.1) is 5.10 Å². The summed E-state index contributed by atoms with van der Waals surface area (Å²) in [5, 5.41) is 8.35. The van der Waals surface area contributed by atoms with E-state index >= 15 is 4.39 Å². The van der Waals surface area contributed by atoms with Gasteiger partial charge in [0.15, 0.2) is 5.65 Å². The van der Waals surface area contributed by atoms with Crippen molar-refractivity contribution in [3.63, 3.8) is 0 Å². The molecule has 0 bridgehead atoms. The maximum absolute atomic E-state index is 15.2. The Morgan fingerprint density at radius 3 is 2.91 bits per heavy atom. The van der Waals surface area contributed by atoms with Crippen molar-refractivity contribution < 1.29 is 18.7 Å². The topological polar surface area (TPSA) is 82.4 Å². The van der Waals surface area contributed by atoms with Gasteiger partial charge in [-0.05, 0) is 37.1 Å². The van der Waals surface area contributed by atoms with E-state index in [1.165, 1.54) is 13.2 Å². The minimum Gasteiger partial charge on any atom is -0.496 e. The summed E-state index contributed by atoms with van der Waals surface area (Å²) in [5.41, 5.74) is 4.47. The number of hydrogen-bond acceptors (Lipinski definition) is 6.